The molecule has 1 aliphatic rings. The number of benzene rings is 2. The first-order chi connectivity index (χ1) is 14.4. The molecule has 10 heteroatoms. The van der Waals surface area contributed by atoms with Crippen molar-refractivity contribution in [2.45, 2.75) is 31.6 Å². The molecule has 4 rings (SSSR count). The van der Waals surface area contributed by atoms with Crippen molar-refractivity contribution in [3.63, 3.8) is 0 Å². The van der Waals surface area contributed by atoms with Gasteiger partial charge in [-0.1, -0.05) is 12.1 Å². The number of aliphatic hydroxyl groups is 1. The molecule has 0 unspecified atom stereocenters. The van der Waals surface area contributed by atoms with E-state index in [-0.39, 0.29) is 0 Å². The van der Waals surface area contributed by atoms with Gasteiger partial charge in [-0.25, -0.2) is 9.89 Å². The summed E-state index contributed by atoms with van der Waals surface area (Å²) in [7, 11) is 0. The third-order valence-electron chi connectivity index (χ3n) is 4.90. The number of nitrogens with one attached hydrogen (secondary N) is 3. The number of H-pyrrole nitrogens is 1. The van der Waals surface area contributed by atoms with Crippen LogP contribution in [0.5, 0.6) is 5.75 Å². The molecule has 4 N–H and O–H groups in total. The Labute approximate surface area is 171 Å². The fourth-order valence-electron chi connectivity index (χ4n) is 3.36. The fraction of sp³-hybridized carbons (Fsp3) is 0.250. The Hall–Kier alpha value is -3.97. The normalized spacial score (nSPS) is 19.1. The minimum Gasteiger partial charge on any atom is -0.485 e. The van der Waals surface area contributed by atoms with Gasteiger partial charge in [0, 0.05) is 16.8 Å². The summed E-state index contributed by atoms with van der Waals surface area (Å²) in [5.41, 5.74) is 1.24. The van der Waals surface area contributed by atoms with Crippen LogP contribution < -0.4 is 15.4 Å². The second kappa shape index (κ2) is 7.46. The lowest BCUT2D eigenvalue weighted by atomic mass is 9.86. The minimum absolute atomic E-state index is 0.407. The Bertz CT molecular complexity index is 1120. The van der Waals surface area contributed by atoms with Gasteiger partial charge in [-0.3, -0.25) is 0 Å². The van der Waals surface area contributed by atoms with Gasteiger partial charge in [-0.2, -0.15) is 5.26 Å². The third kappa shape index (κ3) is 3.66. The Morgan fingerprint density at radius 3 is 2.87 bits per heavy atom. The first kappa shape index (κ1) is 19.4. The van der Waals surface area contributed by atoms with E-state index in [0.29, 0.717) is 34.0 Å². The molecule has 1 aromatic heterocycles. The van der Waals surface area contributed by atoms with E-state index in [1.165, 1.54) is 0 Å². The predicted octanol–water partition coefficient (Wildman–Crippen LogP) is 2.13. The van der Waals surface area contributed by atoms with Gasteiger partial charge in [-0.05, 0) is 54.6 Å². The van der Waals surface area contributed by atoms with Crippen molar-refractivity contribution >= 4 is 11.7 Å². The molecule has 0 aliphatic carbocycles. The fourth-order valence-corrected chi connectivity index (χ4v) is 3.36. The van der Waals surface area contributed by atoms with Crippen molar-refractivity contribution in [2.24, 2.45) is 0 Å². The molecule has 10 nitrogen and oxygen atoms in total. The molecule has 1 aliphatic heterocycles. The van der Waals surface area contributed by atoms with Gasteiger partial charge in [0.05, 0.1) is 17.7 Å². The van der Waals surface area contributed by atoms with Gasteiger partial charge < -0.3 is 20.5 Å². The smallest absolute Gasteiger partial charge is 0.319 e. The van der Waals surface area contributed by atoms with Gasteiger partial charge in [0.25, 0.3) is 0 Å². The first-order valence-electron chi connectivity index (χ1n) is 9.20. The Morgan fingerprint density at radius 1 is 1.30 bits per heavy atom. The summed E-state index contributed by atoms with van der Waals surface area (Å²) in [6.07, 6.45) is -1.03. The van der Waals surface area contributed by atoms with Crippen LogP contribution in [0.4, 0.5) is 10.5 Å². The topological polar surface area (TPSA) is 149 Å². The quantitative estimate of drug-likeness (QED) is 0.521. The zero-order chi connectivity index (χ0) is 21.3. The standard InChI is InChI=1S/C20H19N7O3/c1-20(2)17(28)16(14-8-11(10-21)6-7-15(14)30-20)23-19(29)22-13-5-3-4-12(9-13)18-24-26-27-25-18/h3-9,16-17,28H,1-2H3,(H2,22,23,29)(H,24,25,26,27)/t16-,17+/m1/s1. The van der Waals surface area contributed by atoms with Gasteiger partial charge in [0.2, 0.25) is 0 Å². The number of rotatable bonds is 3. The molecule has 30 heavy (non-hydrogen) atoms. The Morgan fingerprint density at radius 2 is 2.13 bits per heavy atom. The van der Waals surface area contributed by atoms with Gasteiger partial charge in [-0.15, -0.1) is 5.10 Å². The summed E-state index contributed by atoms with van der Waals surface area (Å²) in [5, 5.41) is 39.2. The summed E-state index contributed by atoms with van der Waals surface area (Å²) in [6.45, 7) is 3.47. The molecule has 0 spiro atoms. The first-order valence-corrected chi connectivity index (χ1v) is 9.20. The van der Waals surface area contributed by atoms with E-state index in [9.17, 15) is 15.2 Å². The zero-order valence-corrected chi connectivity index (χ0v) is 16.2. The van der Waals surface area contributed by atoms with Crippen molar-refractivity contribution in [2.75, 3.05) is 5.32 Å². The van der Waals surface area contributed by atoms with Crippen LogP contribution in [0.15, 0.2) is 42.5 Å². The number of carbonyl (C=O) groups excluding carboxylic acids is 1. The summed E-state index contributed by atoms with van der Waals surface area (Å²) < 4.78 is 5.86. The minimum atomic E-state index is -1.03. The molecular formula is C20H19N7O3. The number of amides is 2. The van der Waals surface area contributed by atoms with Crippen LogP contribution >= 0.6 is 0 Å². The number of hydrogen-bond acceptors (Lipinski definition) is 7. The molecule has 0 saturated heterocycles. The van der Waals surface area contributed by atoms with Crippen LogP contribution in [0.2, 0.25) is 0 Å². The highest BCUT2D eigenvalue weighted by atomic mass is 16.5. The average molecular weight is 405 g/mol. The molecule has 2 amide bonds. The molecule has 152 valence electrons. The number of nitrogens with zero attached hydrogens (tertiary/aromatic N) is 4. The van der Waals surface area contributed by atoms with E-state index >= 15 is 0 Å². The molecule has 0 saturated carbocycles. The number of aromatic nitrogens is 4. The average Bonchev–Trinajstić information content (AvgIpc) is 3.26. The van der Waals surface area contributed by atoms with E-state index in [0.717, 1.165) is 0 Å². The largest absolute Gasteiger partial charge is 0.485 e. The van der Waals surface area contributed by atoms with Crippen LogP contribution in [0.1, 0.15) is 31.0 Å². The maximum atomic E-state index is 12.7. The highest BCUT2D eigenvalue weighted by molar-refractivity contribution is 5.90. The SMILES string of the molecule is CC1(C)Oc2ccc(C#N)cc2[C@@H](NC(=O)Nc2cccc(-c3nnn[nH]3)c2)[C@@H]1O. The number of ether oxygens (including phenoxy) is 1. The highest BCUT2D eigenvalue weighted by Gasteiger charge is 2.43. The third-order valence-corrected chi connectivity index (χ3v) is 4.90. The van der Waals surface area contributed by atoms with Crippen LogP contribution in [-0.4, -0.2) is 43.5 Å². The van der Waals surface area contributed by atoms with Gasteiger partial charge in [0.15, 0.2) is 5.82 Å². The molecule has 0 fully saturated rings. The van der Waals surface area contributed by atoms with Crippen LogP contribution in [-0.2, 0) is 0 Å². The van der Waals surface area contributed by atoms with Crippen molar-refractivity contribution in [3.8, 4) is 23.2 Å². The number of hydrogen-bond donors (Lipinski definition) is 4. The van der Waals surface area contributed by atoms with Gasteiger partial charge in [0.1, 0.15) is 17.5 Å². The molecule has 2 heterocycles. The van der Waals surface area contributed by atoms with E-state index in [1.54, 1.807) is 56.3 Å². The number of tetrazole rings is 1. The summed E-state index contributed by atoms with van der Waals surface area (Å²) in [5.74, 6) is 0.980. The predicted molar refractivity (Wildman–Crippen MR) is 106 cm³/mol. The molecule has 3 aromatic rings. The number of carbonyl (C=O) groups is 1. The van der Waals surface area contributed by atoms with Crippen molar-refractivity contribution in [1.82, 2.24) is 25.9 Å². The number of aliphatic hydroxyl groups excluding tert-OH is 1. The van der Waals surface area contributed by atoms with Crippen molar-refractivity contribution in [1.29, 1.82) is 5.26 Å². The second-order valence-electron chi connectivity index (χ2n) is 7.42. The molecule has 2 atom stereocenters. The van der Waals surface area contributed by atoms with E-state index < -0.39 is 23.8 Å². The molecule has 0 radical (unpaired) electrons. The zero-order valence-electron chi connectivity index (χ0n) is 16.2. The van der Waals surface area contributed by atoms with Gasteiger partial charge >= 0.3 is 6.03 Å². The Kier molecular flexibility index (Phi) is 4.81. The van der Waals surface area contributed by atoms with E-state index in [2.05, 4.69) is 37.3 Å². The highest BCUT2D eigenvalue weighted by Crippen LogP contribution is 2.40. The number of aromatic amines is 1. The number of anilines is 1. The number of urea groups is 1. The molecule has 0 bridgehead atoms. The summed E-state index contributed by atoms with van der Waals surface area (Å²) in [4.78, 5) is 12.7. The summed E-state index contributed by atoms with van der Waals surface area (Å²) >= 11 is 0. The van der Waals surface area contributed by atoms with Crippen LogP contribution in [0, 0.1) is 11.3 Å². The lowest BCUT2D eigenvalue weighted by Gasteiger charge is -2.42. The number of nitriles is 1. The molecular weight excluding hydrogens is 386 g/mol. The lowest BCUT2D eigenvalue weighted by Crippen LogP contribution is -2.54. The van der Waals surface area contributed by atoms with E-state index in [1.807, 2.05) is 0 Å². The van der Waals surface area contributed by atoms with Crippen molar-refractivity contribution in [3.05, 3.63) is 53.6 Å². The number of fused-ring (bicyclic) bond motifs is 1. The maximum Gasteiger partial charge on any atom is 0.319 e. The van der Waals surface area contributed by atoms with E-state index in [4.69, 9.17) is 4.74 Å². The maximum absolute atomic E-state index is 12.7. The molecule has 2 aromatic carbocycles. The monoisotopic (exact) mass is 405 g/mol. The summed E-state index contributed by atoms with van der Waals surface area (Å²) in [6, 6.07) is 12.7. The van der Waals surface area contributed by atoms with Crippen molar-refractivity contribution < 1.29 is 14.6 Å². The second-order valence-corrected chi connectivity index (χ2v) is 7.42. The Balaban J connectivity index is 1.57. The lowest BCUT2D eigenvalue weighted by molar-refractivity contribution is -0.0618. The van der Waals surface area contributed by atoms with Crippen LogP contribution in [0.25, 0.3) is 11.4 Å². The van der Waals surface area contributed by atoms with Crippen LogP contribution in [0.3, 0.4) is 0 Å².